The third-order valence-electron chi connectivity index (χ3n) is 5.84. The first-order valence-corrected chi connectivity index (χ1v) is 13.0. The summed E-state index contributed by atoms with van der Waals surface area (Å²) < 4.78 is 31.4. The highest BCUT2D eigenvalue weighted by Crippen LogP contribution is 2.35. The smallest absolute Gasteiger partial charge is 0.319 e. The Labute approximate surface area is 207 Å². The van der Waals surface area contributed by atoms with Crippen molar-refractivity contribution in [1.82, 2.24) is 19.3 Å². The molecule has 1 saturated heterocycles. The van der Waals surface area contributed by atoms with Crippen LogP contribution in [0, 0.1) is 0 Å². The zero-order chi connectivity index (χ0) is 24.9. The minimum absolute atomic E-state index is 0.0360. The van der Waals surface area contributed by atoms with E-state index in [1.807, 2.05) is 0 Å². The number of hydrogen-bond acceptors (Lipinski definition) is 7. The minimum Gasteiger partial charge on any atom is -0.319 e. The van der Waals surface area contributed by atoms with Gasteiger partial charge in [0.05, 0.1) is 38.3 Å². The normalized spacial score (nSPS) is 15.9. The van der Waals surface area contributed by atoms with Crippen LogP contribution in [0.25, 0.3) is 16.7 Å². The lowest BCUT2D eigenvalue weighted by atomic mass is 10.1. The Bertz CT molecular complexity index is 1660. The molecular formula is C21H17Cl2N5O6S. The van der Waals surface area contributed by atoms with Crippen molar-refractivity contribution in [2.45, 2.75) is 18.9 Å². The molecule has 1 aromatic carbocycles. The van der Waals surface area contributed by atoms with E-state index in [1.165, 1.54) is 18.2 Å². The summed E-state index contributed by atoms with van der Waals surface area (Å²) in [6.07, 6.45) is 2.43. The van der Waals surface area contributed by atoms with Crippen LogP contribution in [0.2, 0.25) is 10.0 Å². The van der Waals surface area contributed by atoms with Crippen molar-refractivity contribution >= 4 is 55.7 Å². The number of amides is 1. The monoisotopic (exact) mass is 537 g/mol. The standard InChI is InChI=1S/C21H17Cl2N5O6S/c22-13-9-11(24-20(30)19-25-21(31)34-26-19)10-14(23)18(13)27-6-3-16-15(27)1-2-17(29)28(16)12-4-7-35(32,33)8-5-12/h1-3,6,9-10,12H,4-5,7-8H2,(H,24,30)(H,25,26,31). The van der Waals surface area contributed by atoms with Crippen LogP contribution >= 0.6 is 23.2 Å². The van der Waals surface area contributed by atoms with Crippen LogP contribution in [-0.2, 0) is 9.84 Å². The number of carbonyl (C=O) groups excluding carboxylic acids is 1. The maximum absolute atomic E-state index is 12.7. The summed E-state index contributed by atoms with van der Waals surface area (Å²) in [5.41, 5.74) is 1.74. The molecule has 3 aromatic heterocycles. The Balaban J connectivity index is 1.51. The van der Waals surface area contributed by atoms with Crippen LogP contribution in [0.15, 0.2) is 50.6 Å². The molecule has 0 radical (unpaired) electrons. The quantitative estimate of drug-likeness (QED) is 0.406. The molecule has 35 heavy (non-hydrogen) atoms. The summed E-state index contributed by atoms with van der Waals surface area (Å²) >= 11 is 13.1. The molecule has 2 N–H and O–H groups in total. The second-order valence-corrected chi connectivity index (χ2v) is 11.2. The number of hydrogen-bond donors (Lipinski definition) is 2. The number of fused-ring (bicyclic) bond motifs is 1. The predicted molar refractivity (Wildman–Crippen MR) is 130 cm³/mol. The summed E-state index contributed by atoms with van der Waals surface area (Å²) in [5, 5.41) is 6.27. The summed E-state index contributed by atoms with van der Waals surface area (Å²) in [5.74, 6) is -1.83. The highest BCUT2D eigenvalue weighted by atomic mass is 35.5. The number of aromatic nitrogens is 4. The van der Waals surface area contributed by atoms with E-state index in [0.29, 0.717) is 29.6 Å². The van der Waals surface area contributed by atoms with E-state index in [9.17, 15) is 22.8 Å². The van der Waals surface area contributed by atoms with Crippen molar-refractivity contribution in [3.8, 4) is 5.69 Å². The van der Waals surface area contributed by atoms with Crippen molar-refractivity contribution < 1.29 is 17.7 Å². The molecule has 182 valence electrons. The van der Waals surface area contributed by atoms with Gasteiger partial charge in [-0.25, -0.2) is 13.2 Å². The van der Waals surface area contributed by atoms with Gasteiger partial charge in [-0.15, -0.1) is 0 Å². The van der Waals surface area contributed by atoms with Crippen molar-refractivity contribution in [3.63, 3.8) is 0 Å². The number of pyridine rings is 1. The first-order chi connectivity index (χ1) is 16.6. The van der Waals surface area contributed by atoms with Gasteiger partial charge in [0.1, 0.15) is 9.84 Å². The van der Waals surface area contributed by atoms with Crippen LogP contribution < -0.4 is 16.6 Å². The van der Waals surface area contributed by atoms with Gasteiger partial charge in [-0.3, -0.25) is 19.1 Å². The van der Waals surface area contributed by atoms with E-state index < -0.39 is 21.5 Å². The molecule has 4 heterocycles. The first-order valence-electron chi connectivity index (χ1n) is 10.4. The van der Waals surface area contributed by atoms with Crippen molar-refractivity contribution in [2.75, 3.05) is 16.8 Å². The molecule has 1 aliphatic rings. The van der Waals surface area contributed by atoms with Gasteiger partial charge >= 0.3 is 5.76 Å². The zero-order valence-corrected chi connectivity index (χ0v) is 20.2. The van der Waals surface area contributed by atoms with Crippen LogP contribution in [0.5, 0.6) is 0 Å². The number of H-pyrrole nitrogens is 1. The molecule has 0 aliphatic carbocycles. The number of aromatic amines is 1. The molecular weight excluding hydrogens is 521 g/mol. The van der Waals surface area contributed by atoms with Crippen molar-refractivity contribution in [3.05, 3.63) is 73.3 Å². The van der Waals surface area contributed by atoms with Gasteiger partial charge in [0.15, 0.2) is 0 Å². The summed E-state index contributed by atoms with van der Waals surface area (Å²) in [6.45, 7) is 0. The van der Waals surface area contributed by atoms with E-state index in [1.54, 1.807) is 27.5 Å². The van der Waals surface area contributed by atoms with Gasteiger partial charge < -0.3 is 14.5 Å². The fourth-order valence-electron chi connectivity index (χ4n) is 4.25. The average molecular weight is 538 g/mol. The van der Waals surface area contributed by atoms with Crippen LogP contribution in [0.4, 0.5) is 5.69 Å². The number of halogens is 2. The van der Waals surface area contributed by atoms with Gasteiger partial charge in [0.2, 0.25) is 5.82 Å². The molecule has 5 rings (SSSR count). The molecule has 1 fully saturated rings. The number of rotatable bonds is 4. The van der Waals surface area contributed by atoms with Crippen molar-refractivity contribution in [1.29, 1.82) is 0 Å². The van der Waals surface area contributed by atoms with E-state index >= 15 is 0 Å². The minimum atomic E-state index is -3.08. The number of nitrogens with zero attached hydrogens (tertiary/aromatic N) is 3. The van der Waals surface area contributed by atoms with Gasteiger partial charge in [-0.1, -0.05) is 23.2 Å². The summed E-state index contributed by atoms with van der Waals surface area (Å²) in [7, 11) is -3.08. The number of benzene rings is 1. The predicted octanol–water partition coefficient (Wildman–Crippen LogP) is 2.78. The maximum atomic E-state index is 12.7. The first kappa shape index (κ1) is 23.4. The molecule has 11 nitrogen and oxygen atoms in total. The SMILES string of the molecule is O=C(Nc1cc(Cl)c(-n2ccc3c2ccc(=O)n3C2CCS(=O)(=O)CC2)c(Cl)c1)c1noc(=O)[nH]1. The second kappa shape index (κ2) is 8.70. The largest absolute Gasteiger partial charge is 0.439 e. The van der Waals surface area contributed by atoms with E-state index in [0.717, 1.165) is 0 Å². The Morgan fingerprint density at radius 1 is 1.09 bits per heavy atom. The van der Waals surface area contributed by atoms with Gasteiger partial charge in [-0.2, -0.15) is 0 Å². The molecule has 0 saturated carbocycles. The van der Waals surface area contributed by atoms with E-state index in [2.05, 4.69) is 20.0 Å². The Morgan fingerprint density at radius 3 is 2.40 bits per heavy atom. The van der Waals surface area contributed by atoms with Gasteiger partial charge in [-0.05, 0) is 42.3 Å². The number of sulfone groups is 1. The fourth-order valence-corrected chi connectivity index (χ4v) is 6.38. The fraction of sp³-hybridized carbons (Fsp3) is 0.238. The lowest BCUT2D eigenvalue weighted by Crippen LogP contribution is -2.31. The van der Waals surface area contributed by atoms with Crippen LogP contribution in [0.3, 0.4) is 0 Å². The number of anilines is 1. The van der Waals surface area contributed by atoms with Crippen LogP contribution in [-0.4, -0.2) is 45.1 Å². The molecule has 0 bridgehead atoms. The Kier molecular flexibility index (Phi) is 5.82. The number of carbonyl (C=O) groups is 1. The third kappa shape index (κ3) is 4.40. The van der Waals surface area contributed by atoms with Gasteiger partial charge in [0.25, 0.3) is 11.5 Å². The van der Waals surface area contributed by atoms with Crippen molar-refractivity contribution in [2.24, 2.45) is 0 Å². The molecule has 1 aliphatic heterocycles. The summed E-state index contributed by atoms with van der Waals surface area (Å²) in [4.78, 5) is 38.1. The Hall–Kier alpha value is -3.35. The third-order valence-corrected chi connectivity index (χ3v) is 8.14. The molecule has 1 amide bonds. The summed E-state index contributed by atoms with van der Waals surface area (Å²) in [6, 6.07) is 7.55. The highest BCUT2D eigenvalue weighted by molar-refractivity contribution is 7.91. The second-order valence-electron chi connectivity index (χ2n) is 8.07. The lowest BCUT2D eigenvalue weighted by Gasteiger charge is -2.25. The molecule has 0 atom stereocenters. The number of nitrogens with one attached hydrogen (secondary N) is 2. The van der Waals surface area contributed by atoms with Crippen LogP contribution in [0.1, 0.15) is 29.5 Å². The zero-order valence-electron chi connectivity index (χ0n) is 17.8. The maximum Gasteiger partial charge on any atom is 0.439 e. The van der Waals surface area contributed by atoms with E-state index in [4.69, 9.17) is 23.2 Å². The molecule has 4 aromatic rings. The van der Waals surface area contributed by atoms with Gasteiger partial charge in [0, 0.05) is 24.0 Å². The van der Waals surface area contributed by atoms with E-state index in [-0.39, 0.29) is 44.7 Å². The Morgan fingerprint density at radius 2 is 1.77 bits per heavy atom. The molecule has 14 heteroatoms. The average Bonchev–Trinajstić information content (AvgIpc) is 3.40. The molecule has 0 spiro atoms. The highest BCUT2D eigenvalue weighted by Gasteiger charge is 2.27. The topological polar surface area (TPSA) is 149 Å². The molecule has 0 unspecified atom stereocenters. The lowest BCUT2D eigenvalue weighted by molar-refractivity contribution is 0.101.